The van der Waals surface area contributed by atoms with Crippen molar-refractivity contribution in [3.8, 4) is 6.07 Å². The summed E-state index contributed by atoms with van der Waals surface area (Å²) in [4.78, 5) is 30.4. The van der Waals surface area contributed by atoms with Crippen molar-refractivity contribution in [2.45, 2.75) is 6.42 Å². The Labute approximate surface area is 174 Å². The molecule has 1 amide bonds. The van der Waals surface area contributed by atoms with Gasteiger partial charge in [-0.15, -0.1) is 0 Å². The molecule has 2 heterocycles. The van der Waals surface area contributed by atoms with Crippen molar-refractivity contribution in [3.63, 3.8) is 0 Å². The minimum Gasteiger partial charge on any atom is -0.385 e. The van der Waals surface area contributed by atoms with Crippen LogP contribution in [0.2, 0.25) is 0 Å². The molecule has 1 aliphatic rings. The molecule has 0 bridgehead atoms. The topological polar surface area (TPSA) is 120 Å². The number of allylic oxidation sites excluding steroid dienone is 5. The first-order valence-corrected chi connectivity index (χ1v) is 9.22. The number of hydrogen-bond acceptors (Lipinski definition) is 7. The summed E-state index contributed by atoms with van der Waals surface area (Å²) in [5.74, 6) is 0.916. The van der Waals surface area contributed by atoms with Gasteiger partial charge in [0.15, 0.2) is 12.1 Å². The molecular formula is C22H20N6O2. The van der Waals surface area contributed by atoms with Gasteiger partial charge in [0, 0.05) is 31.5 Å². The van der Waals surface area contributed by atoms with Crippen LogP contribution < -0.4 is 16.0 Å². The van der Waals surface area contributed by atoms with Crippen LogP contribution in [0.4, 0.5) is 17.3 Å². The summed E-state index contributed by atoms with van der Waals surface area (Å²) in [5, 5.41) is 17.7. The van der Waals surface area contributed by atoms with Crippen LogP contribution in [0.1, 0.15) is 27.9 Å². The van der Waals surface area contributed by atoms with Crippen molar-refractivity contribution in [2.24, 2.45) is 0 Å². The molecule has 0 aromatic carbocycles. The predicted octanol–water partition coefficient (Wildman–Crippen LogP) is 3.15. The van der Waals surface area contributed by atoms with Crippen molar-refractivity contribution in [1.82, 2.24) is 9.97 Å². The Morgan fingerprint density at radius 3 is 2.73 bits per heavy atom. The number of hydrogen-bond donors (Lipinski definition) is 3. The average molecular weight is 400 g/mol. The van der Waals surface area contributed by atoms with Crippen LogP contribution in [0.5, 0.6) is 0 Å². The summed E-state index contributed by atoms with van der Waals surface area (Å²) < 4.78 is 0. The molecule has 3 rings (SSSR count). The van der Waals surface area contributed by atoms with Crippen LogP contribution in [-0.4, -0.2) is 36.3 Å². The first-order chi connectivity index (χ1) is 14.7. The van der Waals surface area contributed by atoms with E-state index in [1.54, 1.807) is 13.2 Å². The largest absolute Gasteiger partial charge is 0.385 e. The van der Waals surface area contributed by atoms with E-state index in [4.69, 9.17) is 5.26 Å². The number of carbonyl (C=O) groups is 2. The Bertz CT molecular complexity index is 1100. The van der Waals surface area contributed by atoms with E-state index < -0.39 is 0 Å². The lowest BCUT2D eigenvalue weighted by molar-refractivity contribution is -0.105. The number of rotatable bonds is 8. The Morgan fingerprint density at radius 1 is 1.17 bits per heavy atom. The molecule has 2 aromatic heterocycles. The molecule has 0 atom stereocenters. The van der Waals surface area contributed by atoms with Crippen LogP contribution in [0.3, 0.4) is 0 Å². The van der Waals surface area contributed by atoms with Crippen LogP contribution in [0.15, 0.2) is 54.4 Å². The maximum atomic E-state index is 11.3. The third-order valence-electron chi connectivity index (χ3n) is 4.52. The van der Waals surface area contributed by atoms with Crippen LogP contribution in [0, 0.1) is 11.3 Å². The number of amides is 1. The van der Waals surface area contributed by atoms with Crippen LogP contribution in [-0.2, 0) is 4.79 Å². The summed E-state index contributed by atoms with van der Waals surface area (Å²) in [5.41, 5.74) is 4.41. The maximum Gasteiger partial charge on any atom is 0.212 e. The molecule has 0 fully saturated rings. The van der Waals surface area contributed by atoms with Gasteiger partial charge in [0.05, 0.1) is 16.8 Å². The summed E-state index contributed by atoms with van der Waals surface area (Å²) >= 11 is 0. The number of nitrogens with zero attached hydrogens (tertiary/aromatic N) is 3. The maximum absolute atomic E-state index is 11.3. The van der Waals surface area contributed by atoms with Gasteiger partial charge in [0.2, 0.25) is 6.41 Å². The molecule has 0 saturated heterocycles. The second-order valence-electron chi connectivity index (χ2n) is 6.43. The lowest BCUT2D eigenvalue weighted by Crippen LogP contribution is -2.08. The number of nitriles is 1. The first-order valence-electron chi connectivity index (χ1n) is 9.22. The van der Waals surface area contributed by atoms with Gasteiger partial charge in [-0.2, -0.15) is 5.26 Å². The molecule has 150 valence electrons. The lowest BCUT2D eigenvalue weighted by atomic mass is 10.1. The molecule has 8 heteroatoms. The fourth-order valence-electron chi connectivity index (χ4n) is 2.95. The van der Waals surface area contributed by atoms with Crippen molar-refractivity contribution >= 4 is 35.6 Å². The summed E-state index contributed by atoms with van der Waals surface area (Å²) in [6.45, 7) is 0.510. The molecule has 0 unspecified atom stereocenters. The fraction of sp³-hybridized carbons (Fsp3) is 0.136. The van der Waals surface area contributed by atoms with E-state index in [9.17, 15) is 9.59 Å². The van der Waals surface area contributed by atoms with Gasteiger partial charge in [-0.1, -0.05) is 24.3 Å². The van der Waals surface area contributed by atoms with Crippen molar-refractivity contribution < 1.29 is 9.59 Å². The van der Waals surface area contributed by atoms with Crippen LogP contribution in [0.25, 0.3) is 5.57 Å². The quantitative estimate of drug-likeness (QED) is 0.582. The van der Waals surface area contributed by atoms with E-state index >= 15 is 0 Å². The highest BCUT2D eigenvalue weighted by molar-refractivity contribution is 5.84. The highest BCUT2D eigenvalue weighted by Crippen LogP contribution is 2.26. The highest BCUT2D eigenvalue weighted by atomic mass is 16.1. The van der Waals surface area contributed by atoms with Gasteiger partial charge < -0.3 is 16.0 Å². The molecule has 0 spiro atoms. The summed E-state index contributed by atoms with van der Waals surface area (Å²) in [6, 6.07) is 5.40. The lowest BCUT2D eigenvalue weighted by Gasteiger charge is -2.09. The van der Waals surface area contributed by atoms with Crippen molar-refractivity contribution in [3.05, 3.63) is 71.1 Å². The van der Waals surface area contributed by atoms with E-state index in [1.807, 2.05) is 30.4 Å². The minimum atomic E-state index is 0.343. The smallest absolute Gasteiger partial charge is 0.212 e. The highest BCUT2D eigenvalue weighted by Gasteiger charge is 2.09. The van der Waals surface area contributed by atoms with Gasteiger partial charge in [-0.05, 0) is 29.7 Å². The van der Waals surface area contributed by atoms with E-state index in [1.165, 1.54) is 12.3 Å². The SMILES string of the molecule is CNc1cc(C2=CC=C(CNc3ncc(C#N)cc3C=O)CC=C2)cnc1NC=O. The number of carbonyl (C=O) groups excluding carboxylic acids is 2. The molecule has 0 saturated carbocycles. The molecular weight excluding hydrogens is 380 g/mol. The third-order valence-corrected chi connectivity index (χ3v) is 4.52. The van der Waals surface area contributed by atoms with Gasteiger partial charge >= 0.3 is 0 Å². The molecule has 2 aromatic rings. The molecule has 0 aliphatic heterocycles. The summed E-state index contributed by atoms with van der Waals surface area (Å²) in [6.07, 6.45) is 13.2. The fourth-order valence-corrected chi connectivity index (χ4v) is 2.95. The van der Waals surface area contributed by atoms with Crippen LogP contribution >= 0.6 is 0 Å². The third kappa shape index (κ3) is 4.77. The molecule has 1 aliphatic carbocycles. The predicted molar refractivity (Wildman–Crippen MR) is 116 cm³/mol. The number of aldehydes is 1. The van der Waals surface area contributed by atoms with Crippen molar-refractivity contribution in [1.29, 1.82) is 5.26 Å². The Kier molecular flexibility index (Phi) is 6.69. The van der Waals surface area contributed by atoms with Gasteiger partial charge in [0.1, 0.15) is 11.9 Å². The molecule has 30 heavy (non-hydrogen) atoms. The number of aromatic nitrogens is 2. The van der Waals surface area contributed by atoms with Gasteiger partial charge in [0.25, 0.3) is 0 Å². The van der Waals surface area contributed by atoms with Crippen molar-refractivity contribution in [2.75, 3.05) is 29.5 Å². The second kappa shape index (κ2) is 9.80. The zero-order chi connectivity index (χ0) is 21.3. The van der Waals surface area contributed by atoms with Gasteiger partial charge in [-0.25, -0.2) is 9.97 Å². The Hall–Kier alpha value is -4.25. The number of nitrogens with one attached hydrogen (secondary N) is 3. The molecule has 3 N–H and O–H groups in total. The minimum absolute atomic E-state index is 0.343. The molecule has 0 radical (unpaired) electrons. The Balaban J connectivity index is 1.76. The summed E-state index contributed by atoms with van der Waals surface area (Å²) in [7, 11) is 1.77. The van der Waals surface area contributed by atoms with E-state index in [-0.39, 0.29) is 0 Å². The van der Waals surface area contributed by atoms with E-state index in [0.717, 1.165) is 28.8 Å². The first kappa shape index (κ1) is 20.5. The molecule has 8 nitrogen and oxygen atoms in total. The zero-order valence-electron chi connectivity index (χ0n) is 16.3. The standard InChI is InChI=1S/C22H20N6O2/c1-24-20-8-18(12-27-22(20)28-14-30)17-4-2-3-15(5-6-17)10-25-21-19(13-29)7-16(9-23)11-26-21/h2,4-8,11-14,24H,3,10H2,1H3,(H,25,26)(H,27,28,30). The zero-order valence-corrected chi connectivity index (χ0v) is 16.3. The van der Waals surface area contributed by atoms with Gasteiger partial charge in [-0.3, -0.25) is 9.59 Å². The van der Waals surface area contributed by atoms with E-state index in [0.29, 0.717) is 42.0 Å². The second-order valence-corrected chi connectivity index (χ2v) is 6.43. The Morgan fingerprint density at radius 2 is 2.00 bits per heavy atom. The number of pyridine rings is 2. The normalized spacial score (nSPS) is 12.7. The average Bonchev–Trinajstić information content (AvgIpc) is 3.03. The number of anilines is 3. The van der Waals surface area contributed by atoms with E-state index in [2.05, 4.69) is 32.0 Å². The monoisotopic (exact) mass is 400 g/mol.